The van der Waals surface area contributed by atoms with E-state index in [1.54, 1.807) is 28.6 Å². The van der Waals surface area contributed by atoms with Crippen molar-refractivity contribution >= 4 is 23.5 Å². The first kappa shape index (κ1) is 26.8. The fourth-order valence-electron chi connectivity index (χ4n) is 4.31. The van der Waals surface area contributed by atoms with Gasteiger partial charge in [-0.3, -0.25) is 0 Å². The Hall–Kier alpha value is -2.24. The van der Waals surface area contributed by atoms with Gasteiger partial charge in [0.05, 0.1) is 13.2 Å². The molecule has 2 unspecified atom stereocenters. The van der Waals surface area contributed by atoms with Gasteiger partial charge in [-0.05, 0) is 63.9 Å². The van der Waals surface area contributed by atoms with E-state index in [-0.39, 0.29) is 36.6 Å². The lowest BCUT2D eigenvalue weighted by atomic mass is 10.1. The molecule has 6 nitrogen and oxygen atoms in total. The summed E-state index contributed by atoms with van der Waals surface area (Å²) < 4.78 is 69.4. The molecule has 2 aliphatic rings. The number of ether oxygens (including phenoxy) is 2. The highest BCUT2D eigenvalue weighted by atomic mass is 32.2. The summed E-state index contributed by atoms with van der Waals surface area (Å²) >= 11 is 1.20. The molecule has 2 fully saturated rings. The Labute approximate surface area is 213 Å². The molecule has 1 aromatic carbocycles. The first-order chi connectivity index (χ1) is 16.9. The Kier molecular flexibility index (Phi) is 7.92. The van der Waals surface area contributed by atoms with E-state index in [1.165, 1.54) is 29.0 Å². The second-order valence-corrected chi connectivity index (χ2v) is 11.2. The number of alkyl halides is 3. The summed E-state index contributed by atoms with van der Waals surface area (Å²) in [4.78, 5) is 8.66. The quantitative estimate of drug-likeness (QED) is 0.381. The standard InChI is InChI=1S/C25H32F4N4O2S/c1-17-16-34-12-11-32(17)19-13-22(30-23(14-19)35-24(2,3)4)33-10-9-31(15-21(33)25(27,28)29)36-20-7-5-18(26)6-8-20/h5-8,13-14,17,21H,9-12,15-16H2,1-4H3. The first-order valence-electron chi connectivity index (χ1n) is 12.0. The Morgan fingerprint density at radius 1 is 1.03 bits per heavy atom. The summed E-state index contributed by atoms with van der Waals surface area (Å²) in [6.07, 6.45) is -4.48. The van der Waals surface area contributed by atoms with Crippen LogP contribution in [0.3, 0.4) is 0 Å². The maximum absolute atomic E-state index is 14.3. The number of halogens is 4. The number of benzene rings is 1. The van der Waals surface area contributed by atoms with Gasteiger partial charge in [0, 0.05) is 54.9 Å². The zero-order valence-electron chi connectivity index (χ0n) is 20.9. The van der Waals surface area contributed by atoms with Gasteiger partial charge < -0.3 is 19.3 Å². The molecular formula is C25H32F4N4O2S. The van der Waals surface area contributed by atoms with Gasteiger partial charge in [0.2, 0.25) is 5.88 Å². The lowest BCUT2D eigenvalue weighted by Gasteiger charge is -2.42. The minimum atomic E-state index is -4.48. The molecular weight excluding hydrogens is 496 g/mol. The molecule has 2 aromatic rings. The van der Waals surface area contributed by atoms with E-state index in [2.05, 4.69) is 9.88 Å². The molecule has 2 aliphatic heterocycles. The van der Waals surface area contributed by atoms with Crippen LogP contribution < -0.4 is 14.5 Å². The lowest BCUT2D eigenvalue weighted by molar-refractivity contribution is -0.153. The third-order valence-electron chi connectivity index (χ3n) is 5.95. The van der Waals surface area contributed by atoms with Crippen LogP contribution in [0.1, 0.15) is 27.7 Å². The van der Waals surface area contributed by atoms with Crippen molar-refractivity contribution in [2.24, 2.45) is 0 Å². The molecule has 11 heteroatoms. The maximum Gasteiger partial charge on any atom is 0.410 e. The van der Waals surface area contributed by atoms with E-state index in [1.807, 2.05) is 27.7 Å². The molecule has 0 amide bonds. The molecule has 0 N–H and O–H groups in total. The van der Waals surface area contributed by atoms with Crippen molar-refractivity contribution in [1.82, 2.24) is 9.29 Å². The average molecular weight is 529 g/mol. The zero-order chi connectivity index (χ0) is 26.1. The van der Waals surface area contributed by atoms with Crippen molar-refractivity contribution < 1.29 is 27.0 Å². The monoisotopic (exact) mass is 528 g/mol. The maximum atomic E-state index is 14.3. The highest BCUT2D eigenvalue weighted by Crippen LogP contribution is 2.37. The van der Waals surface area contributed by atoms with Crippen LogP contribution in [0.4, 0.5) is 29.1 Å². The number of hydrogen-bond donors (Lipinski definition) is 0. The topological polar surface area (TPSA) is 41.1 Å². The molecule has 0 aliphatic carbocycles. The summed E-state index contributed by atoms with van der Waals surface area (Å²) in [5.41, 5.74) is 0.201. The van der Waals surface area contributed by atoms with Gasteiger partial charge in [-0.1, -0.05) is 0 Å². The summed E-state index contributed by atoms with van der Waals surface area (Å²) in [7, 11) is 0. The van der Waals surface area contributed by atoms with Gasteiger partial charge in [0.15, 0.2) is 0 Å². The van der Waals surface area contributed by atoms with E-state index in [0.29, 0.717) is 31.2 Å². The van der Waals surface area contributed by atoms with Crippen LogP contribution in [0.25, 0.3) is 0 Å². The number of aromatic nitrogens is 1. The molecule has 4 rings (SSSR count). The number of hydrogen-bond acceptors (Lipinski definition) is 7. The van der Waals surface area contributed by atoms with E-state index in [4.69, 9.17) is 9.47 Å². The van der Waals surface area contributed by atoms with Crippen molar-refractivity contribution in [2.75, 3.05) is 49.2 Å². The smallest absolute Gasteiger partial charge is 0.410 e. The van der Waals surface area contributed by atoms with E-state index in [0.717, 1.165) is 5.69 Å². The minimum Gasteiger partial charge on any atom is -0.472 e. The van der Waals surface area contributed by atoms with Crippen molar-refractivity contribution in [1.29, 1.82) is 0 Å². The van der Waals surface area contributed by atoms with E-state index >= 15 is 0 Å². The Morgan fingerprint density at radius 2 is 1.75 bits per heavy atom. The van der Waals surface area contributed by atoms with Crippen LogP contribution in [0.5, 0.6) is 5.88 Å². The van der Waals surface area contributed by atoms with Crippen molar-refractivity contribution in [3.63, 3.8) is 0 Å². The molecule has 198 valence electrons. The van der Waals surface area contributed by atoms with Crippen LogP contribution in [-0.2, 0) is 4.74 Å². The van der Waals surface area contributed by atoms with Crippen molar-refractivity contribution in [3.8, 4) is 5.88 Å². The molecule has 3 heterocycles. The number of nitrogens with zero attached hydrogens (tertiary/aromatic N) is 4. The van der Waals surface area contributed by atoms with Crippen molar-refractivity contribution in [3.05, 3.63) is 42.2 Å². The van der Waals surface area contributed by atoms with Gasteiger partial charge in [-0.25, -0.2) is 8.70 Å². The fourth-order valence-corrected chi connectivity index (χ4v) is 5.25. The normalized spacial score (nSPS) is 22.1. The van der Waals surface area contributed by atoms with Crippen LogP contribution >= 0.6 is 11.9 Å². The molecule has 36 heavy (non-hydrogen) atoms. The zero-order valence-corrected chi connectivity index (χ0v) is 21.7. The lowest BCUT2D eigenvalue weighted by Crippen LogP contribution is -2.58. The number of anilines is 2. The van der Waals surface area contributed by atoms with Crippen LogP contribution in [0.2, 0.25) is 0 Å². The predicted octanol–water partition coefficient (Wildman–Crippen LogP) is 5.38. The predicted molar refractivity (Wildman–Crippen MR) is 133 cm³/mol. The number of morpholine rings is 1. The molecule has 1 aromatic heterocycles. The van der Waals surface area contributed by atoms with Gasteiger partial charge in [-0.2, -0.15) is 18.2 Å². The molecule has 0 radical (unpaired) electrons. The molecule has 0 spiro atoms. The number of piperazine rings is 1. The SMILES string of the molecule is CC1COCCN1c1cc(OC(C)(C)C)nc(N2CCN(Sc3ccc(F)cc3)CC2C(F)(F)F)c1. The van der Waals surface area contributed by atoms with Gasteiger partial charge >= 0.3 is 6.18 Å². The van der Waals surface area contributed by atoms with Gasteiger partial charge in [0.25, 0.3) is 0 Å². The number of pyridine rings is 1. The molecule has 0 bridgehead atoms. The molecule has 2 saturated heterocycles. The average Bonchev–Trinajstić information content (AvgIpc) is 2.79. The van der Waals surface area contributed by atoms with Crippen LogP contribution in [-0.4, -0.2) is 72.5 Å². The summed E-state index contributed by atoms with van der Waals surface area (Å²) in [6.45, 7) is 9.62. The highest BCUT2D eigenvalue weighted by Gasteiger charge is 2.47. The summed E-state index contributed by atoms with van der Waals surface area (Å²) in [5, 5.41) is 0. The van der Waals surface area contributed by atoms with Crippen LogP contribution in [0, 0.1) is 5.82 Å². The third-order valence-corrected chi connectivity index (χ3v) is 7.02. The van der Waals surface area contributed by atoms with E-state index < -0.39 is 17.8 Å². The summed E-state index contributed by atoms with van der Waals surface area (Å²) in [5.74, 6) is 0.142. The van der Waals surface area contributed by atoms with Gasteiger partial charge in [-0.15, -0.1) is 0 Å². The first-order valence-corrected chi connectivity index (χ1v) is 12.7. The molecule has 0 saturated carbocycles. The Bertz CT molecular complexity index is 1030. The highest BCUT2D eigenvalue weighted by molar-refractivity contribution is 7.97. The minimum absolute atomic E-state index is 0.0684. The van der Waals surface area contributed by atoms with Gasteiger partial charge in [0.1, 0.15) is 23.3 Å². The second-order valence-electron chi connectivity index (χ2n) is 10.0. The number of rotatable bonds is 5. The Morgan fingerprint density at radius 3 is 2.39 bits per heavy atom. The summed E-state index contributed by atoms with van der Waals surface area (Å²) in [6, 6.07) is 7.57. The van der Waals surface area contributed by atoms with Crippen LogP contribution in [0.15, 0.2) is 41.3 Å². The third kappa shape index (κ3) is 6.74. The Balaban J connectivity index is 1.64. The largest absolute Gasteiger partial charge is 0.472 e. The second kappa shape index (κ2) is 10.6. The molecule has 2 atom stereocenters. The van der Waals surface area contributed by atoms with Crippen molar-refractivity contribution in [2.45, 2.75) is 56.5 Å². The van der Waals surface area contributed by atoms with E-state index in [9.17, 15) is 17.6 Å². The fraction of sp³-hybridized carbons (Fsp3) is 0.560.